The van der Waals surface area contributed by atoms with Gasteiger partial charge >= 0.3 is 0 Å². The summed E-state index contributed by atoms with van der Waals surface area (Å²) in [5, 5.41) is 0. The molecule has 0 amide bonds. The number of hydrogen-bond acceptors (Lipinski definition) is 6. The van der Waals surface area contributed by atoms with E-state index in [1.165, 1.54) is 0 Å². The van der Waals surface area contributed by atoms with Gasteiger partial charge in [0.2, 0.25) is 0 Å². The number of Topliss-reactive ketones (excluding diaryl/α,β-unsaturated/α-hetero) is 2. The van der Waals surface area contributed by atoms with Gasteiger partial charge in [-0.15, -0.1) is 0 Å². The predicted octanol–water partition coefficient (Wildman–Crippen LogP) is 8.52. The number of ketones is 2. The van der Waals surface area contributed by atoms with Gasteiger partial charge in [-0.3, -0.25) is 9.59 Å². The topological polar surface area (TPSA) is 65.1 Å². The molecule has 5 rings (SSSR count). The van der Waals surface area contributed by atoms with Gasteiger partial charge in [0.15, 0.2) is 23.1 Å². The minimum Gasteiger partial charge on any atom is -0.493 e. The second-order valence-electron chi connectivity index (χ2n) is 13.5. The first-order valence-electron chi connectivity index (χ1n) is 14.9. The first kappa shape index (κ1) is 32.0. The third kappa shape index (κ3) is 6.66. The van der Waals surface area contributed by atoms with Crippen LogP contribution >= 0.6 is 31.9 Å². The molecule has 6 nitrogen and oxygen atoms in total. The summed E-state index contributed by atoms with van der Waals surface area (Å²) in [7, 11) is 3.33. The van der Waals surface area contributed by atoms with Crippen LogP contribution in [0.25, 0.3) is 0 Å². The highest BCUT2D eigenvalue weighted by atomic mass is 79.9. The number of hydrogen-bond donors (Lipinski definition) is 0. The van der Waals surface area contributed by atoms with Crippen LogP contribution in [-0.4, -0.2) is 43.8 Å². The second kappa shape index (κ2) is 12.5. The highest BCUT2D eigenvalue weighted by molar-refractivity contribution is 9.10. The molecule has 0 N–H and O–H groups in total. The Labute approximate surface area is 272 Å². The van der Waals surface area contributed by atoms with E-state index in [4.69, 9.17) is 14.2 Å². The Morgan fingerprint density at radius 3 is 1.98 bits per heavy atom. The van der Waals surface area contributed by atoms with Crippen LogP contribution in [0.4, 0.5) is 0 Å². The van der Waals surface area contributed by atoms with E-state index in [1.807, 2.05) is 36.4 Å². The molecule has 0 fully saturated rings. The van der Waals surface area contributed by atoms with Crippen molar-refractivity contribution < 1.29 is 23.8 Å². The molecule has 3 aliphatic rings. The van der Waals surface area contributed by atoms with Crippen LogP contribution < -0.4 is 9.47 Å². The number of carbonyl (C=O) groups is 2. The summed E-state index contributed by atoms with van der Waals surface area (Å²) in [4.78, 5) is 30.5. The number of benzene rings is 2. The van der Waals surface area contributed by atoms with Crippen molar-refractivity contribution >= 4 is 43.4 Å². The first-order valence-corrected chi connectivity index (χ1v) is 16.5. The summed E-state index contributed by atoms with van der Waals surface area (Å²) in [6.07, 6.45) is 3.25. The number of rotatable bonds is 9. The molecule has 2 aromatic rings. The molecule has 0 atom stereocenters. The summed E-state index contributed by atoms with van der Waals surface area (Å²) < 4.78 is 19.2. The third-order valence-electron chi connectivity index (χ3n) is 8.63. The lowest BCUT2D eigenvalue weighted by molar-refractivity contribution is -0.119. The Morgan fingerprint density at radius 1 is 0.860 bits per heavy atom. The van der Waals surface area contributed by atoms with E-state index in [9.17, 15) is 9.59 Å². The van der Waals surface area contributed by atoms with Crippen LogP contribution in [0.2, 0.25) is 0 Å². The van der Waals surface area contributed by atoms with Crippen molar-refractivity contribution in [1.82, 2.24) is 4.90 Å². The standard InChI is InChI=1S/C35H41Br2NO5/c1-34(2)16-25-31(27(39)18-34)30(32-26(38(25)12-7-13-41-5)17-35(3,4)19-28(32)40)22-14-24(37)33(29(15-22)42-6)43-20-21-8-10-23(36)11-9-21/h8-11,14-15,30H,7,12-13,16-20H2,1-6H3. The molecule has 0 bridgehead atoms. The highest BCUT2D eigenvalue weighted by Crippen LogP contribution is 2.55. The molecule has 230 valence electrons. The van der Waals surface area contributed by atoms with Gasteiger partial charge in [0.05, 0.1) is 11.6 Å². The van der Waals surface area contributed by atoms with Crippen LogP contribution in [0.5, 0.6) is 11.5 Å². The van der Waals surface area contributed by atoms with Gasteiger partial charge in [0.25, 0.3) is 0 Å². The maximum absolute atomic E-state index is 14.1. The Bertz CT molecular complexity index is 1430. The molecule has 0 saturated carbocycles. The normalized spacial score (nSPS) is 19.9. The zero-order chi connectivity index (χ0) is 31.1. The third-order valence-corrected chi connectivity index (χ3v) is 9.75. The van der Waals surface area contributed by atoms with Crippen LogP contribution in [0.15, 0.2) is 67.9 Å². The van der Waals surface area contributed by atoms with Crippen molar-refractivity contribution in [3.8, 4) is 11.5 Å². The van der Waals surface area contributed by atoms with E-state index in [0.717, 1.165) is 61.9 Å². The van der Waals surface area contributed by atoms with Crippen LogP contribution in [-0.2, 0) is 20.9 Å². The molecule has 0 aromatic heterocycles. The lowest BCUT2D eigenvalue weighted by atomic mass is 9.63. The molecule has 8 heteroatoms. The molecular formula is C35H41Br2NO5. The van der Waals surface area contributed by atoms with Crippen LogP contribution in [0.1, 0.15) is 76.8 Å². The quantitative estimate of drug-likeness (QED) is 0.243. The SMILES string of the molecule is COCCCN1C2=C(C(=O)CC(C)(C)C2)C(c2cc(Br)c(OCc3ccc(Br)cc3)c(OC)c2)C2=C1CC(C)(C)CC2=O. The monoisotopic (exact) mass is 713 g/mol. The lowest BCUT2D eigenvalue weighted by Gasteiger charge is -2.49. The number of nitrogens with zero attached hydrogens (tertiary/aromatic N) is 1. The molecule has 0 radical (unpaired) electrons. The van der Waals surface area contributed by atoms with E-state index in [0.29, 0.717) is 44.1 Å². The molecule has 1 heterocycles. The van der Waals surface area contributed by atoms with Crippen molar-refractivity contribution in [2.45, 2.75) is 72.3 Å². The highest BCUT2D eigenvalue weighted by Gasteiger charge is 2.49. The molecule has 43 heavy (non-hydrogen) atoms. The average Bonchev–Trinajstić information content (AvgIpc) is 2.92. The molecule has 1 aliphatic heterocycles. The molecule has 2 aliphatic carbocycles. The van der Waals surface area contributed by atoms with Gasteiger partial charge in [-0.2, -0.15) is 0 Å². The Balaban J connectivity index is 1.64. The van der Waals surface area contributed by atoms with Gasteiger partial charge < -0.3 is 19.1 Å². The Hall–Kier alpha value is -2.42. The number of methoxy groups -OCH3 is 2. The van der Waals surface area contributed by atoms with Gasteiger partial charge in [0.1, 0.15) is 6.61 Å². The predicted molar refractivity (Wildman–Crippen MR) is 175 cm³/mol. The molecule has 2 aromatic carbocycles. The summed E-state index contributed by atoms with van der Waals surface area (Å²) in [6, 6.07) is 11.9. The van der Waals surface area contributed by atoms with Crippen molar-refractivity contribution in [2.24, 2.45) is 10.8 Å². The van der Waals surface area contributed by atoms with Crippen molar-refractivity contribution in [3.05, 3.63) is 79.0 Å². The van der Waals surface area contributed by atoms with Gasteiger partial charge in [-0.05, 0) is 81.4 Å². The maximum Gasteiger partial charge on any atom is 0.175 e. The zero-order valence-corrected chi connectivity index (χ0v) is 29.1. The van der Waals surface area contributed by atoms with Gasteiger partial charge in [-0.25, -0.2) is 0 Å². The average molecular weight is 716 g/mol. The fourth-order valence-corrected chi connectivity index (χ4v) is 7.64. The minimum atomic E-state index is -0.457. The van der Waals surface area contributed by atoms with Gasteiger partial charge in [0, 0.05) is 66.0 Å². The van der Waals surface area contributed by atoms with E-state index < -0.39 is 5.92 Å². The number of ether oxygens (including phenoxy) is 3. The fraction of sp³-hybridized carbons (Fsp3) is 0.486. The number of halogens is 2. The van der Waals surface area contributed by atoms with Crippen molar-refractivity contribution in [1.29, 1.82) is 0 Å². The zero-order valence-electron chi connectivity index (χ0n) is 25.9. The van der Waals surface area contributed by atoms with E-state index >= 15 is 0 Å². The summed E-state index contributed by atoms with van der Waals surface area (Å²) in [5.74, 6) is 0.912. The number of allylic oxidation sites excluding steroid dienone is 4. The molecular weight excluding hydrogens is 674 g/mol. The maximum atomic E-state index is 14.1. The van der Waals surface area contributed by atoms with Crippen molar-refractivity contribution in [2.75, 3.05) is 27.4 Å². The molecule has 0 unspecified atom stereocenters. The Kier molecular flexibility index (Phi) is 9.32. The van der Waals surface area contributed by atoms with Crippen molar-refractivity contribution in [3.63, 3.8) is 0 Å². The smallest absolute Gasteiger partial charge is 0.175 e. The van der Waals surface area contributed by atoms with E-state index in [2.05, 4.69) is 64.5 Å². The summed E-state index contributed by atoms with van der Waals surface area (Å²) in [6.45, 7) is 10.3. The van der Waals surface area contributed by atoms with Crippen LogP contribution in [0.3, 0.4) is 0 Å². The van der Waals surface area contributed by atoms with Gasteiger partial charge in [-0.1, -0.05) is 55.8 Å². The molecule has 0 spiro atoms. The van der Waals surface area contributed by atoms with E-state index in [-0.39, 0.29) is 22.4 Å². The fourth-order valence-electron chi connectivity index (χ4n) is 6.80. The lowest BCUT2D eigenvalue weighted by Crippen LogP contribution is -2.44. The molecule has 0 saturated heterocycles. The second-order valence-corrected chi connectivity index (χ2v) is 15.3. The summed E-state index contributed by atoms with van der Waals surface area (Å²) >= 11 is 7.23. The Morgan fingerprint density at radius 2 is 1.44 bits per heavy atom. The van der Waals surface area contributed by atoms with E-state index in [1.54, 1.807) is 14.2 Å². The number of carbonyl (C=O) groups excluding carboxylic acids is 2. The first-order chi connectivity index (χ1) is 20.3. The minimum absolute atomic E-state index is 0.114. The summed E-state index contributed by atoms with van der Waals surface area (Å²) in [5.41, 5.74) is 5.15. The largest absolute Gasteiger partial charge is 0.493 e. The van der Waals surface area contributed by atoms with Crippen LogP contribution in [0, 0.1) is 10.8 Å².